The number of nitrogens with one attached hydrogen (secondary N) is 1. The van der Waals surface area contributed by atoms with E-state index >= 15 is 0 Å². The summed E-state index contributed by atoms with van der Waals surface area (Å²) in [6.45, 7) is 5.47. The molecular weight excluding hydrogens is 306 g/mol. The van der Waals surface area contributed by atoms with E-state index in [1.807, 2.05) is 13.8 Å². The predicted octanol–water partition coefficient (Wildman–Crippen LogP) is 3.04. The van der Waals surface area contributed by atoms with E-state index in [0.29, 0.717) is 36.3 Å². The molecule has 0 aliphatic carbocycles. The molecule has 3 rings (SSSR count). The zero-order chi connectivity index (χ0) is 16.9. The summed E-state index contributed by atoms with van der Waals surface area (Å²) in [4.78, 5) is 8.84. The topological polar surface area (TPSA) is 96.9 Å². The van der Waals surface area contributed by atoms with Crippen LogP contribution in [0.3, 0.4) is 0 Å². The molecule has 0 aromatic carbocycles. The molecule has 1 aliphatic rings. The summed E-state index contributed by atoms with van der Waals surface area (Å²) in [7, 11) is 0. The van der Waals surface area contributed by atoms with Crippen molar-refractivity contribution in [3.8, 4) is 6.07 Å². The van der Waals surface area contributed by atoms with Crippen LogP contribution in [0.25, 0.3) is 0 Å². The standard InChI is InChI=1S/C17H21N5O2/c1-11(2)15-21-17(24-22-15)14(12-5-8-23-9-6-12)20-16-13(10-18)4-3-7-19-16/h3-4,7,11-12,14H,5-6,8-9H2,1-2H3,(H,19,20)/t14-/m0/s1. The summed E-state index contributed by atoms with van der Waals surface area (Å²) >= 11 is 0. The minimum Gasteiger partial charge on any atom is -0.381 e. The van der Waals surface area contributed by atoms with Gasteiger partial charge in [-0.15, -0.1) is 0 Å². The molecular formula is C17H21N5O2. The van der Waals surface area contributed by atoms with Crippen LogP contribution < -0.4 is 5.32 Å². The summed E-state index contributed by atoms with van der Waals surface area (Å²) in [5.41, 5.74) is 0.498. The van der Waals surface area contributed by atoms with Crippen LogP contribution in [-0.4, -0.2) is 28.3 Å². The van der Waals surface area contributed by atoms with E-state index in [9.17, 15) is 5.26 Å². The zero-order valence-electron chi connectivity index (χ0n) is 13.9. The average molecular weight is 327 g/mol. The summed E-state index contributed by atoms with van der Waals surface area (Å²) < 4.78 is 11.0. The fraction of sp³-hybridized carbons (Fsp3) is 0.529. The number of nitrogens with zero attached hydrogens (tertiary/aromatic N) is 4. The molecule has 7 nitrogen and oxygen atoms in total. The van der Waals surface area contributed by atoms with E-state index in [2.05, 4.69) is 26.5 Å². The number of hydrogen-bond donors (Lipinski definition) is 1. The molecule has 2 aromatic rings. The lowest BCUT2D eigenvalue weighted by molar-refractivity contribution is 0.0570. The number of pyridine rings is 1. The molecule has 0 bridgehead atoms. The number of anilines is 1. The van der Waals surface area contributed by atoms with Crippen LogP contribution in [0.1, 0.15) is 55.9 Å². The van der Waals surface area contributed by atoms with Gasteiger partial charge in [-0.2, -0.15) is 10.2 Å². The molecule has 2 aromatic heterocycles. The van der Waals surface area contributed by atoms with E-state index in [0.717, 1.165) is 12.8 Å². The Morgan fingerprint density at radius 3 is 2.79 bits per heavy atom. The van der Waals surface area contributed by atoms with Crippen molar-refractivity contribution >= 4 is 5.82 Å². The van der Waals surface area contributed by atoms with Crippen molar-refractivity contribution in [3.63, 3.8) is 0 Å². The molecule has 0 saturated carbocycles. The maximum absolute atomic E-state index is 9.29. The van der Waals surface area contributed by atoms with Gasteiger partial charge in [-0.05, 0) is 30.9 Å². The molecule has 7 heteroatoms. The normalized spacial score (nSPS) is 16.8. The largest absolute Gasteiger partial charge is 0.381 e. The smallest absolute Gasteiger partial charge is 0.249 e. The van der Waals surface area contributed by atoms with E-state index in [1.54, 1.807) is 18.3 Å². The second-order valence-corrected chi connectivity index (χ2v) is 6.23. The van der Waals surface area contributed by atoms with Crippen molar-refractivity contribution in [2.75, 3.05) is 18.5 Å². The Morgan fingerprint density at radius 2 is 2.12 bits per heavy atom. The Hall–Kier alpha value is -2.46. The van der Waals surface area contributed by atoms with Crippen LogP contribution >= 0.6 is 0 Å². The highest BCUT2D eigenvalue weighted by molar-refractivity contribution is 5.52. The Bertz CT molecular complexity index is 716. The summed E-state index contributed by atoms with van der Waals surface area (Å²) in [6.07, 6.45) is 3.45. The van der Waals surface area contributed by atoms with Crippen molar-refractivity contribution in [3.05, 3.63) is 35.6 Å². The fourth-order valence-corrected chi connectivity index (χ4v) is 2.80. The van der Waals surface area contributed by atoms with Gasteiger partial charge in [0.05, 0.1) is 5.56 Å². The first kappa shape index (κ1) is 16.4. The van der Waals surface area contributed by atoms with Crippen molar-refractivity contribution in [1.82, 2.24) is 15.1 Å². The fourth-order valence-electron chi connectivity index (χ4n) is 2.80. The van der Waals surface area contributed by atoms with E-state index < -0.39 is 0 Å². The molecule has 0 amide bonds. The first-order chi connectivity index (χ1) is 11.7. The third-order valence-corrected chi connectivity index (χ3v) is 4.20. The van der Waals surface area contributed by atoms with Gasteiger partial charge in [-0.3, -0.25) is 0 Å². The zero-order valence-corrected chi connectivity index (χ0v) is 13.9. The van der Waals surface area contributed by atoms with Gasteiger partial charge in [0.15, 0.2) is 5.82 Å². The second-order valence-electron chi connectivity index (χ2n) is 6.23. The van der Waals surface area contributed by atoms with Gasteiger partial charge >= 0.3 is 0 Å². The van der Waals surface area contributed by atoms with E-state index in [4.69, 9.17) is 9.26 Å². The molecule has 3 heterocycles. The first-order valence-corrected chi connectivity index (χ1v) is 8.22. The van der Waals surface area contributed by atoms with Gasteiger partial charge in [0.2, 0.25) is 5.89 Å². The van der Waals surface area contributed by atoms with Gasteiger partial charge in [-0.25, -0.2) is 4.98 Å². The van der Waals surface area contributed by atoms with E-state index in [-0.39, 0.29) is 17.9 Å². The molecule has 1 aliphatic heterocycles. The monoisotopic (exact) mass is 327 g/mol. The summed E-state index contributed by atoms with van der Waals surface area (Å²) in [6, 6.07) is 5.46. The Kier molecular flexibility index (Phi) is 5.06. The van der Waals surface area contributed by atoms with Crippen molar-refractivity contribution in [2.45, 2.75) is 38.6 Å². The van der Waals surface area contributed by atoms with Crippen LogP contribution in [0.2, 0.25) is 0 Å². The van der Waals surface area contributed by atoms with E-state index in [1.165, 1.54) is 0 Å². The lowest BCUT2D eigenvalue weighted by Gasteiger charge is -2.29. The maximum Gasteiger partial charge on any atom is 0.249 e. The van der Waals surface area contributed by atoms with Gasteiger partial charge in [0.1, 0.15) is 17.9 Å². The average Bonchev–Trinajstić information content (AvgIpc) is 3.11. The van der Waals surface area contributed by atoms with Crippen molar-refractivity contribution in [2.24, 2.45) is 5.92 Å². The second kappa shape index (κ2) is 7.41. The number of rotatable bonds is 5. The highest BCUT2D eigenvalue weighted by atomic mass is 16.5. The molecule has 24 heavy (non-hydrogen) atoms. The number of aromatic nitrogens is 3. The Morgan fingerprint density at radius 1 is 1.33 bits per heavy atom. The highest BCUT2D eigenvalue weighted by Crippen LogP contribution is 2.33. The lowest BCUT2D eigenvalue weighted by Crippen LogP contribution is -2.28. The van der Waals surface area contributed by atoms with Gasteiger partial charge in [-0.1, -0.05) is 19.0 Å². The number of ether oxygens (including phenoxy) is 1. The first-order valence-electron chi connectivity index (χ1n) is 8.22. The van der Waals surface area contributed by atoms with Crippen LogP contribution in [0, 0.1) is 17.2 Å². The molecule has 0 radical (unpaired) electrons. The molecule has 1 fully saturated rings. The third kappa shape index (κ3) is 3.54. The third-order valence-electron chi connectivity index (χ3n) is 4.20. The van der Waals surface area contributed by atoms with Crippen molar-refractivity contribution in [1.29, 1.82) is 5.26 Å². The summed E-state index contributed by atoms with van der Waals surface area (Å²) in [5, 5.41) is 16.7. The number of hydrogen-bond acceptors (Lipinski definition) is 7. The Labute approximate surface area is 141 Å². The molecule has 0 spiro atoms. The maximum atomic E-state index is 9.29. The van der Waals surface area contributed by atoms with Crippen LogP contribution in [-0.2, 0) is 4.74 Å². The molecule has 1 saturated heterocycles. The van der Waals surface area contributed by atoms with Crippen LogP contribution in [0.4, 0.5) is 5.82 Å². The Balaban J connectivity index is 1.90. The SMILES string of the molecule is CC(C)c1noc([C@@H](Nc2ncccc2C#N)C2CCOCC2)n1. The van der Waals surface area contributed by atoms with Crippen molar-refractivity contribution < 1.29 is 9.26 Å². The molecule has 0 unspecified atom stereocenters. The number of nitriles is 1. The van der Waals surface area contributed by atoms with Crippen LogP contribution in [0.15, 0.2) is 22.9 Å². The van der Waals surface area contributed by atoms with Gasteiger partial charge in [0.25, 0.3) is 0 Å². The molecule has 1 atom stereocenters. The quantitative estimate of drug-likeness (QED) is 0.901. The minimum atomic E-state index is -0.184. The highest BCUT2D eigenvalue weighted by Gasteiger charge is 2.31. The van der Waals surface area contributed by atoms with Crippen LogP contribution in [0.5, 0.6) is 0 Å². The minimum absolute atomic E-state index is 0.184. The van der Waals surface area contributed by atoms with Gasteiger partial charge < -0.3 is 14.6 Å². The summed E-state index contributed by atoms with van der Waals surface area (Å²) in [5.74, 6) is 2.25. The predicted molar refractivity (Wildman–Crippen MR) is 87.2 cm³/mol. The lowest BCUT2D eigenvalue weighted by atomic mass is 9.91. The molecule has 126 valence electrons. The van der Waals surface area contributed by atoms with Gasteiger partial charge in [0, 0.05) is 25.3 Å². The molecule has 1 N–H and O–H groups in total.